The van der Waals surface area contributed by atoms with Crippen LogP contribution in [0.4, 0.5) is 18.9 Å². The van der Waals surface area contributed by atoms with Crippen molar-refractivity contribution in [2.45, 2.75) is 39.9 Å². The highest BCUT2D eigenvalue weighted by atomic mass is 19.4. The Morgan fingerprint density at radius 2 is 2.06 bits per heavy atom. The predicted octanol–water partition coefficient (Wildman–Crippen LogP) is 2.82. The number of carbonyl (C=O) groups is 1. The molecule has 1 aromatic rings. The first-order valence-corrected chi connectivity index (χ1v) is 5.55. The van der Waals surface area contributed by atoms with Crippen molar-refractivity contribution in [2.24, 2.45) is 5.41 Å². The molecule has 7 heteroatoms. The second-order valence-corrected chi connectivity index (χ2v) is 4.73. The van der Waals surface area contributed by atoms with Crippen LogP contribution in [0, 0.1) is 5.41 Å². The van der Waals surface area contributed by atoms with Crippen molar-refractivity contribution in [1.29, 1.82) is 0 Å². The molecule has 1 amide bonds. The number of amides is 1. The van der Waals surface area contributed by atoms with Crippen LogP contribution in [-0.2, 0) is 11.3 Å². The summed E-state index contributed by atoms with van der Waals surface area (Å²) < 4.78 is 37.1. The highest BCUT2D eigenvalue weighted by Gasteiger charge is 2.29. The molecule has 1 rings (SSSR count). The molecule has 1 aromatic heterocycles. The molecule has 0 bridgehead atoms. The summed E-state index contributed by atoms with van der Waals surface area (Å²) in [6, 6.07) is 0. The molecule has 0 aliphatic heterocycles. The van der Waals surface area contributed by atoms with E-state index in [0.29, 0.717) is 6.42 Å². The van der Waals surface area contributed by atoms with Crippen molar-refractivity contribution in [2.75, 3.05) is 5.32 Å². The monoisotopic (exact) mass is 263 g/mol. The minimum Gasteiger partial charge on any atom is -0.323 e. The van der Waals surface area contributed by atoms with Crippen molar-refractivity contribution in [1.82, 2.24) is 9.78 Å². The second kappa shape index (κ2) is 4.99. The summed E-state index contributed by atoms with van der Waals surface area (Å²) in [5.74, 6) is -0.239. The third-order valence-corrected chi connectivity index (χ3v) is 2.73. The van der Waals surface area contributed by atoms with Crippen molar-refractivity contribution in [3.8, 4) is 0 Å². The van der Waals surface area contributed by atoms with E-state index in [-0.39, 0.29) is 11.6 Å². The number of carbonyl (C=O) groups excluding carboxylic acids is 1. The lowest BCUT2D eigenvalue weighted by atomic mass is 9.89. The number of nitrogens with one attached hydrogen (secondary N) is 1. The minimum atomic E-state index is -4.32. The van der Waals surface area contributed by atoms with Crippen LogP contribution in [0.3, 0.4) is 0 Å². The van der Waals surface area contributed by atoms with Crippen molar-refractivity contribution in [3.63, 3.8) is 0 Å². The number of aromatic nitrogens is 2. The van der Waals surface area contributed by atoms with Crippen molar-refractivity contribution in [3.05, 3.63) is 12.4 Å². The molecule has 1 N–H and O–H groups in total. The van der Waals surface area contributed by atoms with E-state index < -0.39 is 18.1 Å². The highest BCUT2D eigenvalue weighted by molar-refractivity contribution is 5.94. The molecule has 102 valence electrons. The van der Waals surface area contributed by atoms with Crippen LogP contribution in [0.1, 0.15) is 27.2 Å². The van der Waals surface area contributed by atoms with Crippen molar-refractivity contribution >= 4 is 11.6 Å². The lowest BCUT2D eigenvalue weighted by molar-refractivity contribution is -0.142. The van der Waals surface area contributed by atoms with Crippen LogP contribution in [0.25, 0.3) is 0 Å². The second-order valence-electron chi connectivity index (χ2n) is 4.73. The summed E-state index contributed by atoms with van der Waals surface area (Å²) in [6.07, 6.45) is -1.32. The van der Waals surface area contributed by atoms with Gasteiger partial charge in [0, 0.05) is 11.6 Å². The van der Waals surface area contributed by atoms with Gasteiger partial charge in [0.2, 0.25) is 5.91 Å². The number of halogens is 3. The van der Waals surface area contributed by atoms with Crippen LogP contribution in [0.5, 0.6) is 0 Å². The van der Waals surface area contributed by atoms with Gasteiger partial charge in [-0.05, 0) is 6.42 Å². The molecule has 1 heterocycles. The smallest absolute Gasteiger partial charge is 0.323 e. The number of hydrogen-bond donors (Lipinski definition) is 1. The van der Waals surface area contributed by atoms with Crippen LogP contribution in [0.15, 0.2) is 12.4 Å². The van der Waals surface area contributed by atoms with Gasteiger partial charge in [0.25, 0.3) is 0 Å². The van der Waals surface area contributed by atoms with E-state index in [9.17, 15) is 18.0 Å². The molecule has 0 atom stereocenters. The molecule has 0 aliphatic rings. The SMILES string of the molecule is CCC(C)(C)C(=O)Nc1cnn(CC(F)(F)F)c1. The average Bonchev–Trinajstić information content (AvgIpc) is 2.62. The Morgan fingerprint density at radius 3 is 2.56 bits per heavy atom. The van der Waals surface area contributed by atoms with E-state index in [1.54, 1.807) is 13.8 Å². The first-order chi connectivity index (χ1) is 8.14. The van der Waals surface area contributed by atoms with E-state index in [1.165, 1.54) is 6.20 Å². The number of alkyl halides is 3. The van der Waals surface area contributed by atoms with Gasteiger partial charge in [0.15, 0.2) is 0 Å². The molecular weight excluding hydrogens is 247 g/mol. The third-order valence-electron chi connectivity index (χ3n) is 2.73. The zero-order valence-electron chi connectivity index (χ0n) is 10.5. The van der Waals surface area contributed by atoms with E-state index in [0.717, 1.165) is 10.9 Å². The third kappa shape index (κ3) is 4.05. The Morgan fingerprint density at radius 1 is 1.44 bits per heavy atom. The predicted molar refractivity (Wildman–Crippen MR) is 61.0 cm³/mol. The van der Waals surface area contributed by atoms with E-state index in [2.05, 4.69) is 10.4 Å². The number of hydrogen-bond acceptors (Lipinski definition) is 2. The van der Waals surface area contributed by atoms with Gasteiger partial charge in [-0.3, -0.25) is 9.48 Å². The molecule has 0 aromatic carbocycles. The summed E-state index contributed by atoms with van der Waals surface area (Å²) in [5, 5.41) is 6.09. The lowest BCUT2D eigenvalue weighted by Gasteiger charge is -2.20. The maximum absolute atomic E-state index is 12.1. The fourth-order valence-corrected chi connectivity index (χ4v) is 1.16. The first kappa shape index (κ1) is 14.5. The lowest BCUT2D eigenvalue weighted by Crippen LogP contribution is -2.29. The zero-order valence-corrected chi connectivity index (χ0v) is 10.5. The molecule has 18 heavy (non-hydrogen) atoms. The van der Waals surface area contributed by atoms with Gasteiger partial charge in [0.05, 0.1) is 11.9 Å². The fraction of sp³-hybridized carbons (Fsp3) is 0.636. The molecule has 0 fully saturated rings. The molecule has 0 aliphatic carbocycles. The Balaban J connectivity index is 2.68. The standard InChI is InChI=1S/C11H16F3N3O/c1-4-10(2,3)9(18)16-8-5-15-17(6-8)7-11(12,13)14/h5-6H,4,7H2,1-3H3,(H,16,18). The summed E-state index contributed by atoms with van der Waals surface area (Å²) in [5.41, 5.74) is -0.294. The summed E-state index contributed by atoms with van der Waals surface area (Å²) in [7, 11) is 0. The van der Waals surface area contributed by atoms with Crippen LogP contribution < -0.4 is 5.32 Å². The number of nitrogens with zero attached hydrogens (tertiary/aromatic N) is 2. The molecular formula is C11H16F3N3O. The first-order valence-electron chi connectivity index (χ1n) is 5.55. The Hall–Kier alpha value is -1.53. The van der Waals surface area contributed by atoms with Crippen LogP contribution >= 0.6 is 0 Å². The van der Waals surface area contributed by atoms with Gasteiger partial charge in [-0.2, -0.15) is 18.3 Å². The van der Waals surface area contributed by atoms with Crippen LogP contribution in [0.2, 0.25) is 0 Å². The summed E-state index contributed by atoms with van der Waals surface area (Å²) in [4.78, 5) is 11.8. The largest absolute Gasteiger partial charge is 0.408 e. The maximum atomic E-state index is 12.1. The Kier molecular flexibility index (Phi) is 4.03. The molecule has 4 nitrogen and oxygen atoms in total. The van der Waals surface area contributed by atoms with Crippen LogP contribution in [-0.4, -0.2) is 21.9 Å². The Labute approximate surface area is 103 Å². The zero-order chi connectivity index (χ0) is 14.0. The van der Waals surface area contributed by atoms with Gasteiger partial charge < -0.3 is 5.32 Å². The maximum Gasteiger partial charge on any atom is 0.408 e. The molecule has 0 unspecified atom stereocenters. The van der Waals surface area contributed by atoms with Gasteiger partial charge in [0.1, 0.15) is 6.54 Å². The molecule has 0 radical (unpaired) electrons. The average molecular weight is 263 g/mol. The topological polar surface area (TPSA) is 46.9 Å². The van der Waals surface area contributed by atoms with Gasteiger partial charge in [-0.25, -0.2) is 0 Å². The highest BCUT2D eigenvalue weighted by Crippen LogP contribution is 2.23. The molecule has 0 saturated heterocycles. The normalized spacial score (nSPS) is 12.6. The van der Waals surface area contributed by atoms with Gasteiger partial charge in [-0.15, -0.1) is 0 Å². The van der Waals surface area contributed by atoms with Gasteiger partial charge >= 0.3 is 6.18 Å². The molecule has 0 saturated carbocycles. The molecule has 0 spiro atoms. The summed E-state index contributed by atoms with van der Waals surface area (Å²) in [6.45, 7) is 4.23. The van der Waals surface area contributed by atoms with Crippen molar-refractivity contribution < 1.29 is 18.0 Å². The quantitative estimate of drug-likeness (QED) is 0.908. The van der Waals surface area contributed by atoms with E-state index >= 15 is 0 Å². The summed E-state index contributed by atoms with van der Waals surface area (Å²) >= 11 is 0. The minimum absolute atomic E-state index is 0.239. The number of anilines is 1. The number of rotatable bonds is 4. The van der Waals surface area contributed by atoms with E-state index in [4.69, 9.17) is 0 Å². The van der Waals surface area contributed by atoms with E-state index in [1.807, 2.05) is 6.92 Å². The Bertz CT molecular complexity index is 423. The fourth-order valence-electron chi connectivity index (χ4n) is 1.16. The van der Waals surface area contributed by atoms with Gasteiger partial charge in [-0.1, -0.05) is 20.8 Å².